The van der Waals surface area contributed by atoms with Crippen LogP contribution in [-0.4, -0.2) is 0 Å². The van der Waals surface area contributed by atoms with Gasteiger partial charge in [-0.2, -0.15) is 0 Å². The van der Waals surface area contributed by atoms with E-state index < -0.39 is 0 Å². The predicted molar refractivity (Wildman–Crippen MR) is 137 cm³/mol. The second-order valence-corrected chi connectivity index (χ2v) is 9.94. The van der Waals surface area contributed by atoms with Crippen molar-refractivity contribution in [2.24, 2.45) is 0 Å². The topological polar surface area (TPSA) is 0 Å². The Labute approximate surface area is 185 Å². The standard InChI is InChI=1S/C28H22S2/c1-19-3-7-21(8-4-19)11-13-25-15-23-17-28-24(18-27(23)29-25)16-26(30-28)14-12-22-9-5-20(2)6-10-22/h3-18H,1-2H3. The minimum absolute atomic E-state index is 1.24. The summed E-state index contributed by atoms with van der Waals surface area (Å²) in [5.74, 6) is 0. The molecule has 0 nitrogen and oxygen atoms in total. The third kappa shape index (κ3) is 4.16. The summed E-state index contributed by atoms with van der Waals surface area (Å²) in [4.78, 5) is 2.59. The van der Waals surface area contributed by atoms with Crippen molar-refractivity contribution in [3.8, 4) is 0 Å². The fraction of sp³-hybridized carbons (Fsp3) is 0.0714. The van der Waals surface area contributed by atoms with Gasteiger partial charge in [-0.25, -0.2) is 0 Å². The SMILES string of the molecule is Cc1ccc(C=Cc2cc3cc4sc(C=Cc5ccc(C)cc5)cc4cc3s2)cc1. The second-order valence-electron chi connectivity index (χ2n) is 7.71. The van der Waals surface area contributed by atoms with Gasteiger partial charge in [0.2, 0.25) is 0 Å². The van der Waals surface area contributed by atoms with Gasteiger partial charge in [0.1, 0.15) is 0 Å². The highest BCUT2D eigenvalue weighted by atomic mass is 32.1. The Morgan fingerprint density at radius 1 is 0.500 bits per heavy atom. The predicted octanol–water partition coefficient (Wildman–Crippen LogP) is 9.07. The molecule has 146 valence electrons. The van der Waals surface area contributed by atoms with Gasteiger partial charge in [0.05, 0.1) is 0 Å². The normalized spacial score (nSPS) is 12.1. The molecule has 2 heterocycles. The van der Waals surface area contributed by atoms with E-state index in [1.165, 1.54) is 52.2 Å². The Kier molecular flexibility index (Phi) is 5.12. The maximum Gasteiger partial charge on any atom is 0.0356 e. The molecule has 5 aromatic rings. The van der Waals surface area contributed by atoms with Crippen molar-refractivity contribution in [2.45, 2.75) is 13.8 Å². The zero-order valence-corrected chi connectivity index (χ0v) is 18.7. The van der Waals surface area contributed by atoms with Gasteiger partial charge in [0.15, 0.2) is 0 Å². The third-order valence-electron chi connectivity index (χ3n) is 5.23. The van der Waals surface area contributed by atoms with Crippen molar-refractivity contribution in [3.63, 3.8) is 0 Å². The molecule has 30 heavy (non-hydrogen) atoms. The summed E-state index contributed by atoms with van der Waals surface area (Å²) in [5, 5.41) is 2.65. The number of hydrogen-bond donors (Lipinski definition) is 0. The first-order valence-electron chi connectivity index (χ1n) is 10.1. The van der Waals surface area contributed by atoms with Crippen LogP contribution in [0, 0.1) is 13.8 Å². The van der Waals surface area contributed by atoms with E-state index in [1.807, 2.05) is 22.7 Å². The summed E-state index contributed by atoms with van der Waals surface area (Å²) in [6.07, 6.45) is 8.83. The van der Waals surface area contributed by atoms with Crippen LogP contribution in [0.15, 0.2) is 72.8 Å². The van der Waals surface area contributed by atoms with E-state index in [0.717, 1.165) is 0 Å². The molecule has 0 spiro atoms. The largest absolute Gasteiger partial charge is 0.136 e. The van der Waals surface area contributed by atoms with Gasteiger partial charge in [-0.05, 0) is 72.2 Å². The van der Waals surface area contributed by atoms with Crippen LogP contribution in [0.5, 0.6) is 0 Å². The molecule has 3 aromatic carbocycles. The first-order chi connectivity index (χ1) is 14.6. The third-order valence-corrected chi connectivity index (χ3v) is 7.35. The van der Waals surface area contributed by atoms with Crippen molar-refractivity contribution in [2.75, 3.05) is 0 Å². The summed E-state index contributed by atoms with van der Waals surface area (Å²) >= 11 is 3.71. The highest BCUT2D eigenvalue weighted by Gasteiger charge is 2.05. The van der Waals surface area contributed by atoms with Crippen LogP contribution in [-0.2, 0) is 0 Å². The number of thiophene rings is 2. The fourth-order valence-corrected chi connectivity index (χ4v) is 5.48. The molecule has 5 rings (SSSR count). The van der Waals surface area contributed by atoms with Crippen LogP contribution < -0.4 is 0 Å². The van der Waals surface area contributed by atoms with Crippen LogP contribution in [0.1, 0.15) is 32.0 Å². The van der Waals surface area contributed by atoms with E-state index in [4.69, 9.17) is 0 Å². The fourth-order valence-electron chi connectivity index (χ4n) is 3.49. The molecule has 0 N–H and O–H groups in total. The Hall–Kier alpha value is -2.94. The number of rotatable bonds is 4. The highest BCUT2D eigenvalue weighted by Crippen LogP contribution is 2.35. The molecule has 0 aliphatic heterocycles. The van der Waals surface area contributed by atoms with Gasteiger partial charge >= 0.3 is 0 Å². The molecule has 0 aliphatic rings. The van der Waals surface area contributed by atoms with Crippen molar-refractivity contribution >= 4 is 67.1 Å². The van der Waals surface area contributed by atoms with Crippen molar-refractivity contribution in [1.82, 2.24) is 0 Å². The molecule has 0 atom stereocenters. The van der Waals surface area contributed by atoms with Gasteiger partial charge in [-0.1, -0.05) is 71.8 Å². The molecule has 0 bridgehead atoms. The van der Waals surface area contributed by atoms with Crippen molar-refractivity contribution in [1.29, 1.82) is 0 Å². The lowest BCUT2D eigenvalue weighted by atomic mass is 10.1. The molecule has 0 radical (unpaired) electrons. The molecule has 0 unspecified atom stereocenters. The van der Waals surface area contributed by atoms with Gasteiger partial charge < -0.3 is 0 Å². The zero-order valence-electron chi connectivity index (χ0n) is 17.1. The molecule has 2 heteroatoms. The van der Waals surface area contributed by atoms with Crippen LogP contribution in [0.2, 0.25) is 0 Å². The van der Waals surface area contributed by atoms with Gasteiger partial charge in [-0.3, -0.25) is 0 Å². The molecule has 0 saturated heterocycles. The van der Waals surface area contributed by atoms with E-state index in [1.54, 1.807) is 0 Å². The maximum absolute atomic E-state index is 2.33. The van der Waals surface area contributed by atoms with Crippen molar-refractivity contribution in [3.05, 3.63) is 105 Å². The molecular weight excluding hydrogens is 400 g/mol. The van der Waals surface area contributed by atoms with E-state index >= 15 is 0 Å². The van der Waals surface area contributed by atoms with Gasteiger partial charge in [0.25, 0.3) is 0 Å². The number of benzene rings is 3. The van der Waals surface area contributed by atoms with Crippen LogP contribution >= 0.6 is 22.7 Å². The smallest absolute Gasteiger partial charge is 0.0356 e. The summed E-state index contributed by atoms with van der Waals surface area (Å²) < 4.78 is 2.69. The molecule has 0 fully saturated rings. The highest BCUT2D eigenvalue weighted by molar-refractivity contribution is 7.21. The summed E-state index contributed by atoms with van der Waals surface area (Å²) in [6, 6.07) is 26.6. The Bertz CT molecular complexity index is 1220. The molecule has 0 aliphatic carbocycles. The number of fused-ring (bicyclic) bond motifs is 2. The first kappa shape index (κ1) is 19.0. The monoisotopic (exact) mass is 422 g/mol. The molecule has 0 amide bonds. The van der Waals surface area contributed by atoms with Crippen LogP contribution in [0.3, 0.4) is 0 Å². The van der Waals surface area contributed by atoms with E-state index in [-0.39, 0.29) is 0 Å². The van der Waals surface area contributed by atoms with E-state index in [2.05, 4.69) is 111 Å². The number of hydrogen-bond acceptors (Lipinski definition) is 2. The molecule has 2 aromatic heterocycles. The average Bonchev–Trinajstić information content (AvgIpc) is 3.33. The summed E-state index contributed by atoms with van der Waals surface area (Å²) in [7, 11) is 0. The lowest BCUT2D eigenvalue weighted by Crippen LogP contribution is -1.72. The summed E-state index contributed by atoms with van der Waals surface area (Å²) in [6.45, 7) is 4.24. The Morgan fingerprint density at radius 3 is 1.30 bits per heavy atom. The van der Waals surface area contributed by atoms with Crippen LogP contribution in [0.25, 0.3) is 44.5 Å². The minimum Gasteiger partial charge on any atom is -0.136 e. The van der Waals surface area contributed by atoms with Crippen molar-refractivity contribution < 1.29 is 0 Å². The average molecular weight is 423 g/mol. The van der Waals surface area contributed by atoms with E-state index in [9.17, 15) is 0 Å². The lowest BCUT2D eigenvalue weighted by molar-refractivity contribution is 1.46. The maximum atomic E-state index is 2.33. The Morgan fingerprint density at radius 2 is 0.900 bits per heavy atom. The van der Waals surface area contributed by atoms with Gasteiger partial charge in [-0.15, -0.1) is 22.7 Å². The molecule has 0 saturated carbocycles. The quantitative estimate of drug-likeness (QED) is 0.271. The summed E-state index contributed by atoms with van der Waals surface area (Å²) in [5.41, 5.74) is 5.07. The Balaban J connectivity index is 1.40. The van der Waals surface area contributed by atoms with Crippen LogP contribution in [0.4, 0.5) is 0 Å². The molecular formula is C28H22S2. The lowest BCUT2D eigenvalue weighted by Gasteiger charge is -1.93. The number of aryl methyl sites for hydroxylation is 2. The second kappa shape index (κ2) is 8.06. The van der Waals surface area contributed by atoms with E-state index in [0.29, 0.717) is 0 Å². The first-order valence-corrected chi connectivity index (χ1v) is 11.7. The minimum atomic E-state index is 1.24. The van der Waals surface area contributed by atoms with Gasteiger partial charge in [0, 0.05) is 19.2 Å². The zero-order chi connectivity index (χ0) is 20.5.